The maximum atomic E-state index is 12.4. The number of nitrogens with two attached hydrogens (primary N) is 1. The fraction of sp³-hybridized carbons (Fsp3) is 0.261. The fourth-order valence-corrected chi connectivity index (χ4v) is 4.17. The van der Waals surface area contributed by atoms with Gasteiger partial charge in [0, 0.05) is 45.7 Å². The number of pyridine rings is 1. The summed E-state index contributed by atoms with van der Waals surface area (Å²) in [6.07, 6.45) is 5.99. The molecular formula is C23H23N3O2. The summed E-state index contributed by atoms with van der Waals surface area (Å²) < 4.78 is 6.05. The van der Waals surface area contributed by atoms with Crippen LogP contribution in [0.25, 0.3) is 33.1 Å². The summed E-state index contributed by atoms with van der Waals surface area (Å²) in [6, 6.07) is 16.6. The monoisotopic (exact) mass is 373 g/mol. The first-order valence-corrected chi connectivity index (χ1v) is 9.84. The van der Waals surface area contributed by atoms with Crippen LogP contribution in [-0.4, -0.2) is 17.1 Å². The maximum Gasteiger partial charge on any atom is 0.255 e. The molecule has 142 valence electrons. The minimum Gasteiger partial charge on any atom is -0.456 e. The highest BCUT2D eigenvalue weighted by molar-refractivity contribution is 5.98. The van der Waals surface area contributed by atoms with E-state index in [1.54, 1.807) is 6.20 Å². The lowest BCUT2D eigenvalue weighted by Crippen LogP contribution is -2.32. The van der Waals surface area contributed by atoms with Crippen LogP contribution in [0.15, 0.2) is 63.9 Å². The molecular weight excluding hydrogens is 350 g/mol. The molecule has 5 rings (SSSR count). The number of benzene rings is 2. The summed E-state index contributed by atoms with van der Waals surface area (Å²) in [6.45, 7) is 0. The molecule has 0 radical (unpaired) electrons. The molecule has 5 nitrogen and oxygen atoms in total. The van der Waals surface area contributed by atoms with Gasteiger partial charge in [-0.05, 0) is 56.0 Å². The molecule has 4 N–H and O–H groups in total. The van der Waals surface area contributed by atoms with Crippen molar-refractivity contribution in [2.45, 2.75) is 37.8 Å². The van der Waals surface area contributed by atoms with Gasteiger partial charge in [0.2, 0.25) is 0 Å². The number of nitrogens with one attached hydrogen (secondary N) is 2. The van der Waals surface area contributed by atoms with Crippen molar-refractivity contribution in [3.63, 3.8) is 0 Å². The molecule has 28 heavy (non-hydrogen) atoms. The molecule has 4 aromatic rings. The summed E-state index contributed by atoms with van der Waals surface area (Å²) in [5.41, 5.74) is 8.68. The first-order valence-electron chi connectivity index (χ1n) is 9.84. The average molecular weight is 373 g/mol. The Bertz CT molecular complexity index is 1170. The number of furan rings is 1. The van der Waals surface area contributed by atoms with E-state index in [1.165, 1.54) is 0 Å². The molecule has 0 bridgehead atoms. The molecule has 1 aliphatic carbocycles. The quantitative estimate of drug-likeness (QED) is 0.489. The molecule has 1 saturated carbocycles. The minimum absolute atomic E-state index is 0.0925. The maximum absolute atomic E-state index is 12.4. The largest absolute Gasteiger partial charge is 0.456 e. The number of aromatic amines is 1. The standard InChI is InChI=1S/C23H23N3O2/c24-15-5-7-16(8-6-15)26-17-9-10-18-19(12-17)20(13-25-23(18)27)22-11-14-3-1-2-4-21(14)28-22/h1-4,9-13,15-16,26H,5-8,24H2,(H,25,27). The highest BCUT2D eigenvalue weighted by Crippen LogP contribution is 2.33. The lowest BCUT2D eigenvalue weighted by molar-refractivity contribution is 0.411. The van der Waals surface area contributed by atoms with Crippen molar-refractivity contribution < 1.29 is 4.42 Å². The topological polar surface area (TPSA) is 84.0 Å². The molecule has 0 atom stereocenters. The number of hydrogen-bond acceptors (Lipinski definition) is 4. The predicted octanol–water partition coefficient (Wildman–Crippen LogP) is 4.62. The molecule has 2 heterocycles. The Morgan fingerprint density at radius 3 is 2.64 bits per heavy atom. The van der Waals surface area contributed by atoms with Crippen LogP contribution in [0.1, 0.15) is 25.7 Å². The number of aromatic nitrogens is 1. The molecule has 0 amide bonds. The number of fused-ring (bicyclic) bond motifs is 2. The van der Waals surface area contributed by atoms with Crippen molar-refractivity contribution in [3.05, 3.63) is 65.1 Å². The van der Waals surface area contributed by atoms with E-state index in [1.807, 2.05) is 42.5 Å². The Morgan fingerprint density at radius 1 is 1.00 bits per heavy atom. The van der Waals surface area contributed by atoms with Gasteiger partial charge in [-0.15, -0.1) is 0 Å². The highest BCUT2D eigenvalue weighted by Gasteiger charge is 2.19. The molecule has 0 saturated heterocycles. The van der Waals surface area contributed by atoms with Gasteiger partial charge in [-0.1, -0.05) is 18.2 Å². The molecule has 2 aromatic heterocycles. The lowest BCUT2D eigenvalue weighted by Gasteiger charge is -2.27. The second-order valence-electron chi connectivity index (χ2n) is 7.70. The number of para-hydroxylation sites is 1. The Morgan fingerprint density at radius 2 is 1.82 bits per heavy atom. The van der Waals surface area contributed by atoms with E-state index in [2.05, 4.69) is 16.4 Å². The number of H-pyrrole nitrogens is 1. The number of anilines is 1. The van der Waals surface area contributed by atoms with E-state index < -0.39 is 0 Å². The van der Waals surface area contributed by atoms with Crippen LogP contribution in [-0.2, 0) is 0 Å². The Labute approximate surface area is 162 Å². The van der Waals surface area contributed by atoms with Crippen LogP contribution in [0.4, 0.5) is 5.69 Å². The van der Waals surface area contributed by atoms with Crippen molar-refractivity contribution >= 4 is 27.4 Å². The molecule has 0 aliphatic heterocycles. The second kappa shape index (κ2) is 6.84. The van der Waals surface area contributed by atoms with Gasteiger partial charge in [0.25, 0.3) is 5.56 Å². The van der Waals surface area contributed by atoms with Crippen molar-refractivity contribution in [2.24, 2.45) is 5.73 Å². The SMILES string of the molecule is NC1CCC(Nc2ccc3c(=O)[nH]cc(-c4cc5ccccc5o4)c3c2)CC1. The van der Waals surface area contributed by atoms with Crippen molar-refractivity contribution in [2.75, 3.05) is 5.32 Å². The summed E-state index contributed by atoms with van der Waals surface area (Å²) in [5.74, 6) is 0.753. The molecule has 0 unspecified atom stereocenters. The predicted molar refractivity (Wildman–Crippen MR) is 114 cm³/mol. The normalized spacial score (nSPS) is 19.9. The average Bonchev–Trinajstić information content (AvgIpc) is 3.14. The van der Waals surface area contributed by atoms with Gasteiger partial charge in [0.1, 0.15) is 11.3 Å². The van der Waals surface area contributed by atoms with Gasteiger partial charge >= 0.3 is 0 Å². The first-order chi connectivity index (χ1) is 13.7. The van der Waals surface area contributed by atoms with Crippen LogP contribution in [0.2, 0.25) is 0 Å². The summed E-state index contributed by atoms with van der Waals surface area (Å²) in [7, 11) is 0. The third kappa shape index (κ3) is 3.08. The van der Waals surface area contributed by atoms with Gasteiger partial charge in [0.05, 0.1) is 0 Å². The van der Waals surface area contributed by atoms with E-state index in [0.717, 1.165) is 59.0 Å². The summed E-state index contributed by atoms with van der Waals surface area (Å²) in [4.78, 5) is 15.2. The van der Waals surface area contributed by atoms with Crippen molar-refractivity contribution in [1.82, 2.24) is 4.98 Å². The molecule has 1 aliphatic rings. The summed E-state index contributed by atoms with van der Waals surface area (Å²) >= 11 is 0. The zero-order valence-electron chi connectivity index (χ0n) is 15.6. The molecule has 2 aromatic carbocycles. The highest BCUT2D eigenvalue weighted by atomic mass is 16.3. The molecule has 0 spiro atoms. The Kier molecular flexibility index (Phi) is 4.17. The van der Waals surface area contributed by atoms with E-state index in [9.17, 15) is 4.79 Å². The van der Waals surface area contributed by atoms with E-state index in [0.29, 0.717) is 17.5 Å². The van der Waals surface area contributed by atoms with Crippen molar-refractivity contribution in [3.8, 4) is 11.3 Å². The van der Waals surface area contributed by atoms with E-state index >= 15 is 0 Å². The second-order valence-corrected chi connectivity index (χ2v) is 7.70. The number of hydrogen-bond donors (Lipinski definition) is 3. The zero-order valence-corrected chi connectivity index (χ0v) is 15.6. The van der Waals surface area contributed by atoms with Gasteiger partial charge in [0.15, 0.2) is 0 Å². The fourth-order valence-electron chi connectivity index (χ4n) is 4.17. The lowest BCUT2D eigenvalue weighted by atomic mass is 9.91. The Balaban J connectivity index is 1.57. The Hall–Kier alpha value is -3.05. The third-order valence-electron chi connectivity index (χ3n) is 5.74. The van der Waals surface area contributed by atoms with Crippen LogP contribution >= 0.6 is 0 Å². The first kappa shape index (κ1) is 17.1. The van der Waals surface area contributed by atoms with Gasteiger partial charge < -0.3 is 20.5 Å². The molecule has 5 heteroatoms. The van der Waals surface area contributed by atoms with Gasteiger partial charge in [-0.3, -0.25) is 4.79 Å². The smallest absolute Gasteiger partial charge is 0.255 e. The number of rotatable bonds is 3. The van der Waals surface area contributed by atoms with Crippen LogP contribution in [0.5, 0.6) is 0 Å². The van der Waals surface area contributed by atoms with E-state index in [4.69, 9.17) is 10.2 Å². The van der Waals surface area contributed by atoms with E-state index in [-0.39, 0.29) is 5.56 Å². The van der Waals surface area contributed by atoms with Crippen LogP contribution in [0, 0.1) is 0 Å². The zero-order chi connectivity index (χ0) is 19.1. The van der Waals surface area contributed by atoms with Crippen molar-refractivity contribution in [1.29, 1.82) is 0 Å². The van der Waals surface area contributed by atoms with Crippen LogP contribution in [0.3, 0.4) is 0 Å². The summed E-state index contributed by atoms with van der Waals surface area (Å²) in [5, 5.41) is 6.22. The molecule has 1 fully saturated rings. The van der Waals surface area contributed by atoms with Gasteiger partial charge in [-0.25, -0.2) is 0 Å². The minimum atomic E-state index is -0.0925. The van der Waals surface area contributed by atoms with Crippen LogP contribution < -0.4 is 16.6 Å². The van der Waals surface area contributed by atoms with Gasteiger partial charge in [-0.2, -0.15) is 0 Å². The third-order valence-corrected chi connectivity index (χ3v) is 5.74.